The first-order valence-corrected chi connectivity index (χ1v) is 6.12. The standard InChI is InChI=1S/C12H17N5O/c1-16-10(2-5-14-16)8-17-6-7-18-9-12(17)11-3-4-13-15-11/h2-5,12H,6-9H2,1H3,(H,13,15)/t12-/m0/s1. The molecule has 1 atom stereocenters. The van der Waals surface area contributed by atoms with Crippen molar-refractivity contribution in [2.45, 2.75) is 12.6 Å². The highest BCUT2D eigenvalue weighted by atomic mass is 16.5. The van der Waals surface area contributed by atoms with E-state index in [1.807, 2.05) is 24.0 Å². The lowest BCUT2D eigenvalue weighted by Crippen LogP contribution is -2.39. The molecular formula is C12H17N5O. The fourth-order valence-corrected chi connectivity index (χ4v) is 2.33. The van der Waals surface area contributed by atoms with Gasteiger partial charge in [0.15, 0.2) is 0 Å². The van der Waals surface area contributed by atoms with Crippen LogP contribution in [0.1, 0.15) is 17.4 Å². The van der Waals surface area contributed by atoms with Crippen molar-refractivity contribution >= 4 is 0 Å². The molecule has 6 nitrogen and oxygen atoms in total. The Labute approximate surface area is 106 Å². The molecule has 1 N–H and O–H groups in total. The van der Waals surface area contributed by atoms with Crippen molar-refractivity contribution in [2.75, 3.05) is 19.8 Å². The number of rotatable bonds is 3. The normalized spacial score (nSPS) is 21.3. The number of ether oxygens (including phenoxy) is 1. The Bertz CT molecular complexity index is 492. The molecule has 0 amide bonds. The van der Waals surface area contributed by atoms with Gasteiger partial charge in [0.1, 0.15) is 0 Å². The Hall–Kier alpha value is -1.66. The second-order valence-electron chi connectivity index (χ2n) is 4.52. The Morgan fingerprint density at radius 1 is 1.44 bits per heavy atom. The molecule has 0 unspecified atom stereocenters. The molecule has 6 heteroatoms. The highest BCUT2D eigenvalue weighted by molar-refractivity contribution is 5.08. The van der Waals surface area contributed by atoms with Crippen LogP contribution in [0.2, 0.25) is 0 Å². The molecule has 1 aliphatic heterocycles. The van der Waals surface area contributed by atoms with Crippen LogP contribution in [-0.2, 0) is 18.3 Å². The predicted octanol–water partition coefficient (Wildman–Crippen LogP) is 0.717. The molecule has 96 valence electrons. The third-order valence-electron chi connectivity index (χ3n) is 3.41. The third-order valence-corrected chi connectivity index (χ3v) is 3.41. The number of morpholine rings is 1. The summed E-state index contributed by atoms with van der Waals surface area (Å²) < 4.78 is 7.49. The number of hydrogen-bond donors (Lipinski definition) is 1. The molecule has 2 aromatic rings. The Morgan fingerprint density at radius 2 is 2.39 bits per heavy atom. The quantitative estimate of drug-likeness (QED) is 0.868. The maximum absolute atomic E-state index is 5.57. The minimum atomic E-state index is 0.246. The van der Waals surface area contributed by atoms with E-state index in [1.54, 1.807) is 6.20 Å². The van der Waals surface area contributed by atoms with Crippen LogP contribution in [0.4, 0.5) is 0 Å². The van der Waals surface area contributed by atoms with E-state index < -0.39 is 0 Å². The van der Waals surface area contributed by atoms with Crippen LogP contribution in [0.3, 0.4) is 0 Å². The van der Waals surface area contributed by atoms with Crippen LogP contribution in [0.15, 0.2) is 24.5 Å². The number of nitrogens with one attached hydrogen (secondary N) is 1. The van der Waals surface area contributed by atoms with Crippen molar-refractivity contribution in [1.29, 1.82) is 0 Å². The summed E-state index contributed by atoms with van der Waals surface area (Å²) in [6.45, 7) is 3.29. The van der Waals surface area contributed by atoms with E-state index >= 15 is 0 Å². The number of aryl methyl sites for hydroxylation is 1. The zero-order chi connectivity index (χ0) is 12.4. The summed E-state index contributed by atoms with van der Waals surface area (Å²) in [5.74, 6) is 0. The van der Waals surface area contributed by atoms with Gasteiger partial charge in [0, 0.05) is 32.5 Å². The summed E-state index contributed by atoms with van der Waals surface area (Å²) in [7, 11) is 1.97. The van der Waals surface area contributed by atoms with Crippen molar-refractivity contribution in [3.63, 3.8) is 0 Å². The van der Waals surface area contributed by atoms with E-state index in [2.05, 4.69) is 26.3 Å². The van der Waals surface area contributed by atoms with Gasteiger partial charge in [0.25, 0.3) is 0 Å². The van der Waals surface area contributed by atoms with Gasteiger partial charge in [-0.2, -0.15) is 10.2 Å². The molecule has 1 fully saturated rings. The highest BCUT2D eigenvalue weighted by Gasteiger charge is 2.26. The molecule has 18 heavy (non-hydrogen) atoms. The Morgan fingerprint density at radius 3 is 3.11 bits per heavy atom. The fourth-order valence-electron chi connectivity index (χ4n) is 2.33. The van der Waals surface area contributed by atoms with E-state index in [-0.39, 0.29) is 6.04 Å². The molecule has 0 radical (unpaired) electrons. The van der Waals surface area contributed by atoms with Gasteiger partial charge in [-0.1, -0.05) is 0 Å². The van der Waals surface area contributed by atoms with Crippen molar-refractivity contribution in [3.8, 4) is 0 Å². The van der Waals surface area contributed by atoms with Gasteiger partial charge in [-0.25, -0.2) is 0 Å². The molecule has 0 spiro atoms. The maximum Gasteiger partial charge on any atom is 0.0756 e. The fraction of sp³-hybridized carbons (Fsp3) is 0.500. The average molecular weight is 247 g/mol. The number of aromatic amines is 1. The average Bonchev–Trinajstić information content (AvgIpc) is 3.03. The first-order valence-electron chi connectivity index (χ1n) is 6.12. The van der Waals surface area contributed by atoms with Gasteiger partial charge in [-0.05, 0) is 12.1 Å². The van der Waals surface area contributed by atoms with E-state index in [9.17, 15) is 0 Å². The summed E-state index contributed by atoms with van der Waals surface area (Å²) in [4.78, 5) is 2.40. The third kappa shape index (κ3) is 2.16. The largest absolute Gasteiger partial charge is 0.378 e. The molecule has 0 aromatic carbocycles. The van der Waals surface area contributed by atoms with E-state index in [1.165, 1.54) is 5.69 Å². The van der Waals surface area contributed by atoms with Gasteiger partial charge in [-0.15, -0.1) is 0 Å². The second-order valence-corrected chi connectivity index (χ2v) is 4.52. The summed E-state index contributed by atoms with van der Waals surface area (Å²) in [6.07, 6.45) is 3.62. The molecule has 2 aromatic heterocycles. The van der Waals surface area contributed by atoms with Crippen molar-refractivity contribution in [1.82, 2.24) is 24.9 Å². The Balaban J connectivity index is 1.78. The summed E-state index contributed by atoms with van der Waals surface area (Å²) in [5, 5.41) is 11.3. The lowest BCUT2D eigenvalue weighted by atomic mass is 10.1. The molecule has 0 bridgehead atoms. The summed E-state index contributed by atoms with van der Waals surface area (Å²) in [6, 6.07) is 4.31. The number of nitrogens with zero attached hydrogens (tertiary/aromatic N) is 4. The molecule has 3 rings (SSSR count). The lowest BCUT2D eigenvalue weighted by molar-refractivity contribution is -0.0152. The maximum atomic E-state index is 5.57. The molecular weight excluding hydrogens is 230 g/mol. The highest BCUT2D eigenvalue weighted by Crippen LogP contribution is 2.23. The Kier molecular flexibility index (Phi) is 3.12. The van der Waals surface area contributed by atoms with Crippen LogP contribution in [0, 0.1) is 0 Å². The molecule has 0 aliphatic carbocycles. The van der Waals surface area contributed by atoms with Crippen molar-refractivity contribution in [3.05, 3.63) is 35.9 Å². The van der Waals surface area contributed by atoms with Gasteiger partial charge >= 0.3 is 0 Å². The topological polar surface area (TPSA) is 59.0 Å². The minimum Gasteiger partial charge on any atom is -0.378 e. The van der Waals surface area contributed by atoms with Crippen LogP contribution in [0.5, 0.6) is 0 Å². The van der Waals surface area contributed by atoms with E-state index in [0.29, 0.717) is 6.61 Å². The molecule has 1 saturated heterocycles. The smallest absolute Gasteiger partial charge is 0.0756 e. The molecule has 1 aliphatic rings. The summed E-state index contributed by atoms with van der Waals surface area (Å²) in [5.41, 5.74) is 2.32. The number of hydrogen-bond acceptors (Lipinski definition) is 4. The summed E-state index contributed by atoms with van der Waals surface area (Å²) >= 11 is 0. The first-order chi connectivity index (χ1) is 8.84. The van der Waals surface area contributed by atoms with Crippen LogP contribution < -0.4 is 0 Å². The van der Waals surface area contributed by atoms with Gasteiger partial charge < -0.3 is 4.74 Å². The van der Waals surface area contributed by atoms with Gasteiger partial charge in [-0.3, -0.25) is 14.7 Å². The van der Waals surface area contributed by atoms with Crippen molar-refractivity contribution < 1.29 is 4.74 Å². The predicted molar refractivity (Wildman–Crippen MR) is 65.8 cm³/mol. The van der Waals surface area contributed by atoms with E-state index in [0.717, 1.165) is 25.4 Å². The molecule has 0 saturated carbocycles. The van der Waals surface area contributed by atoms with Crippen LogP contribution >= 0.6 is 0 Å². The van der Waals surface area contributed by atoms with Crippen molar-refractivity contribution in [2.24, 2.45) is 7.05 Å². The molecule has 3 heterocycles. The van der Waals surface area contributed by atoms with E-state index in [4.69, 9.17) is 4.74 Å². The second kappa shape index (κ2) is 4.91. The SMILES string of the molecule is Cn1nccc1CN1CCOC[C@H]1c1ccn[nH]1. The van der Waals surface area contributed by atoms with Gasteiger partial charge in [0.2, 0.25) is 0 Å². The van der Waals surface area contributed by atoms with Gasteiger partial charge in [0.05, 0.1) is 30.6 Å². The monoisotopic (exact) mass is 247 g/mol. The first kappa shape index (κ1) is 11.4. The number of H-pyrrole nitrogens is 1. The van der Waals surface area contributed by atoms with Crippen LogP contribution in [0.25, 0.3) is 0 Å². The minimum absolute atomic E-state index is 0.246. The van der Waals surface area contributed by atoms with Crippen LogP contribution in [-0.4, -0.2) is 44.6 Å². The lowest BCUT2D eigenvalue weighted by Gasteiger charge is -2.34. The zero-order valence-corrected chi connectivity index (χ0v) is 10.4. The zero-order valence-electron chi connectivity index (χ0n) is 10.4. The number of aromatic nitrogens is 4.